The standard InChI is InChI=1S/C28H44O/c1-19(2)20(3)9-10-22(5)26-15-16-27-23(8-7-17-28(26,27)6)12-13-24-18-25(29)14-11-21(24)4/h9-10,12-13,19-20,22,25-27,29H,4,7-8,11,14-18H2,1-3,5-6H3/b10-9+,23-12?,24-13?/t20-,22+,25+,26-,27-,28+/m0/s1. The van der Waals surface area contributed by atoms with Crippen LogP contribution in [0.25, 0.3) is 0 Å². The molecule has 0 aromatic rings. The summed E-state index contributed by atoms with van der Waals surface area (Å²) in [6, 6.07) is 0. The van der Waals surface area contributed by atoms with Crippen molar-refractivity contribution in [2.45, 2.75) is 92.1 Å². The van der Waals surface area contributed by atoms with Gasteiger partial charge in [-0.3, -0.25) is 0 Å². The van der Waals surface area contributed by atoms with Crippen LogP contribution in [0.4, 0.5) is 0 Å². The van der Waals surface area contributed by atoms with Gasteiger partial charge in [0, 0.05) is 0 Å². The van der Waals surface area contributed by atoms with E-state index in [1.165, 1.54) is 43.3 Å². The Morgan fingerprint density at radius 3 is 2.52 bits per heavy atom. The SMILES string of the molecule is C=C1CC[C@@H](O)CC1=CC=C1CCC[C@@]2(C)[C@H]1CC[C@H]2[C@H](C)/C=C/[C@H](C)C(C)C. The van der Waals surface area contributed by atoms with Crippen LogP contribution in [0.15, 0.2) is 47.6 Å². The second kappa shape index (κ2) is 9.38. The lowest BCUT2D eigenvalue weighted by atomic mass is 9.61. The van der Waals surface area contributed by atoms with Gasteiger partial charge in [0.2, 0.25) is 0 Å². The summed E-state index contributed by atoms with van der Waals surface area (Å²) < 4.78 is 0. The molecule has 6 atom stereocenters. The van der Waals surface area contributed by atoms with Crippen LogP contribution in [-0.4, -0.2) is 11.2 Å². The molecule has 0 bridgehead atoms. The van der Waals surface area contributed by atoms with Crippen LogP contribution in [-0.2, 0) is 0 Å². The van der Waals surface area contributed by atoms with E-state index in [1.54, 1.807) is 5.57 Å². The van der Waals surface area contributed by atoms with Crippen molar-refractivity contribution in [3.05, 3.63) is 47.6 Å². The minimum absolute atomic E-state index is 0.182. The first-order chi connectivity index (χ1) is 13.7. The molecule has 3 aliphatic rings. The van der Waals surface area contributed by atoms with Crippen molar-refractivity contribution in [2.24, 2.45) is 35.0 Å². The van der Waals surface area contributed by atoms with Gasteiger partial charge in [0.1, 0.15) is 0 Å². The topological polar surface area (TPSA) is 20.2 Å². The minimum atomic E-state index is -0.182. The molecule has 0 saturated heterocycles. The molecule has 3 rings (SSSR count). The van der Waals surface area contributed by atoms with E-state index in [2.05, 4.69) is 65.5 Å². The van der Waals surface area contributed by atoms with E-state index >= 15 is 0 Å². The summed E-state index contributed by atoms with van der Waals surface area (Å²) in [6.45, 7) is 16.3. The van der Waals surface area contributed by atoms with Crippen molar-refractivity contribution in [2.75, 3.05) is 0 Å². The second-order valence-corrected chi connectivity index (χ2v) is 10.9. The Morgan fingerprint density at radius 2 is 1.79 bits per heavy atom. The lowest BCUT2D eigenvalue weighted by Gasteiger charge is -2.44. The molecule has 0 heterocycles. The van der Waals surface area contributed by atoms with Crippen LogP contribution < -0.4 is 0 Å². The highest BCUT2D eigenvalue weighted by atomic mass is 16.3. The van der Waals surface area contributed by atoms with Crippen LogP contribution in [0, 0.1) is 35.0 Å². The highest BCUT2D eigenvalue weighted by Gasteiger charge is 2.50. The first kappa shape index (κ1) is 22.6. The molecular weight excluding hydrogens is 352 g/mol. The third-order valence-electron chi connectivity index (χ3n) is 8.63. The number of aliphatic hydroxyl groups is 1. The normalized spacial score (nSPS) is 38.2. The van der Waals surface area contributed by atoms with E-state index in [-0.39, 0.29) is 6.10 Å². The molecule has 0 amide bonds. The first-order valence-corrected chi connectivity index (χ1v) is 12.2. The second-order valence-electron chi connectivity index (χ2n) is 10.9. The van der Waals surface area contributed by atoms with Crippen molar-refractivity contribution < 1.29 is 5.11 Å². The lowest BCUT2D eigenvalue weighted by molar-refractivity contribution is 0.112. The Hall–Kier alpha value is -1.08. The number of hydrogen-bond donors (Lipinski definition) is 1. The zero-order chi connectivity index (χ0) is 21.2. The zero-order valence-corrected chi connectivity index (χ0v) is 19.6. The predicted octanol–water partition coefficient (Wildman–Crippen LogP) is 7.64. The number of allylic oxidation sites excluding steroid dienone is 6. The summed E-state index contributed by atoms with van der Waals surface area (Å²) in [4.78, 5) is 0. The van der Waals surface area contributed by atoms with E-state index in [9.17, 15) is 5.11 Å². The number of rotatable bonds is 5. The highest BCUT2D eigenvalue weighted by molar-refractivity contribution is 5.36. The van der Waals surface area contributed by atoms with E-state index in [0.29, 0.717) is 17.3 Å². The fourth-order valence-corrected chi connectivity index (χ4v) is 6.25. The molecule has 1 heteroatoms. The third-order valence-corrected chi connectivity index (χ3v) is 8.63. The van der Waals surface area contributed by atoms with Crippen molar-refractivity contribution in [3.8, 4) is 0 Å². The molecule has 0 radical (unpaired) electrons. The lowest BCUT2D eigenvalue weighted by Crippen LogP contribution is -2.35. The third kappa shape index (κ3) is 4.98. The molecule has 0 unspecified atom stereocenters. The molecule has 162 valence electrons. The zero-order valence-electron chi connectivity index (χ0n) is 19.6. The van der Waals surface area contributed by atoms with Crippen molar-refractivity contribution in [3.63, 3.8) is 0 Å². The van der Waals surface area contributed by atoms with Gasteiger partial charge in [0.25, 0.3) is 0 Å². The average molecular weight is 397 g/mol. The van der Waals surface area contributed by atoms with Crippen LogP contribution in [0.3, 0.4) is 0 Å². The molecule has 0 aromatic carbocycles. The van der Waals surface area contributed by atoms with Gasteiger partial charge in [0.15, 0.2) is 0 Å². The number of aliphatic hydroxyl groups excluding tert-OH is 1. The van der Waals surface area contributed by atoms with E-state index in [4.69, 9.17) is 0 Å². The van der Waals surface area contributed by atoms with Crippen molar-refractivity contribution >= 4 is 0 Å². The smallest absolute Gasteiger partial charge is 0.0583 e. The van der Waals surface area contributed by atoms with Crippen LogP contribution >= 0.6 is 0 Å². The van der Waals surface area contributed by atoms with Crippen LogP contribution in [0.2, 0.25) is 0 Å². The molecular formula is C28H44O. The predicted molar refractivity (Wildman–Crippen MR) is 126 cm³/mol. The van der Waals surface area contributed by atoms with E-state index in [1.807, 2.05) is 0 Å². The van der Waals surface area contributed by atoms with Crippen LogP contribution in [0.5, 0.6) is 0 Å². The summed E-state index contributed by atoms with van der Waals surface area (Å²) in [5.74, 6) is 3.58. The quantitative estimate of drug-likeness (QED) is 0.473. The van der Waals surface area contributed by atoms with E-state index in [0.717, 1.165) is 37.0 Å². The van der Waals surface area contributed by atoms with Gasteiger partial charge >= 0.3 is 0 Å². The largest absolute Gasteiger partial charge is 0.393 e. The maximum atomic E-state index is 10.0. The van der Waals surface area contributed by atoms with Gasteiger partial charge in [-0.05, 0) is 91.9 Å². The molecule has 0 aromatic heterocycles. The van der Waals surface area contributed by atoms with Gasteiger partial charge in [-0.1, -0.05) is 76.6 Å². The van der Waals surface area contributed by atoms with Crippen molar-refractivity contribution in [1.29, 1.82) is 0 Å². The summed E-state index contributed by atoms with van der Waals surface area (Å²) in [5, 5.41) is 10.0. The van der Waals surface area contributed by atoms with Gasteiger partial charge < -0.3 is 5.11 Å². The summed E-state index contributed by atoms with van der Waals surface area (Å²) in [6.07, 6.45) is 18.8. The summed E-state index contributed by atoms with van der Waals surface area (Å²) in [7, 11) is 0. The van der Waals surface area contributed by atoms with Gasteiger partial charge in [-0.15, -0.1) is 0 Å². The fourth-order valence-electron chi connectivity index (χ4n) is 6.25. The number of hydrogen-bond acceptors (Lipinski definition) is 1. The van der Waals surface area contributed by atoms with Crippen LogP contribution in [0.1, 0.15) is 86.0 Å². The number of fused-ring (bicyclic) bond motifs is 1. The minimum Gasteiger partial charge on any atom is -0.393 e. The molecule has 3 fully saturated rings. The fraction of sp³-hybridized carbons (Fsp3) is 0.714. The maximum Gasteiger partial charge on any atom is 0.0583 e. The Morgan fingerprint density at radius 1 is 1.03 bits per heavy atom. The van der Waals surface area contributed by atoms with Gasteiger partial charge in [0.05, 0.1) is 6.10 Å². The maximum absolute atomic E-state index is 10.0. The molecule has 3 saturated carbocycles. The molecule has 1 nitrogen and oxygen atoms in total. The van der Waals surface area contributed by atoms with Crippen molar-refractivity contribution in [1.82, 2.24) is 0 Å². The first-order valence-electron chi connectivity index (χ1n) is 12.2. The molecule has 0 spiro atoms. The highest BCUT2D eigenvalue weighted by Crippen LogP contribution is 2.59. The summed E-state index contributed by atoms with van der Waals surface area (Å²) in [5.41, 5.74) is 4.61. The average Bonchev–Trinajstić information content (AvgIpc) is 3.04. The molecule has 0 aliphatic heterocycles. The van der Waals surface area contributed by atoms with E-state index < -0.39 is 0 Å². The summed E-state index contributed by atoms with van der Waals surface area (Å²) >= 11 is 0. The molecule has 1 N–H and O–H groups in total. The Labute approximate surface area is 180 Å². The Bertz CT molecular complexity index is 678. The monoisotopic (exact) mass is 396 g/mol. The molecule has 3 aliphatic carbocycles. The Balaban J connectivity index is 1.75. The molecule has 29 heavy (non-hydrogen) atoms. The Kier molecular flexibility index (Phi) is 7.31. The van der Waals surface area contributed by atoms with Gasteiger partial charge in [-0.25, -0.2) is 0 Å². The van der Waals surface area contributed by atoms with Gasteiger partial charge in [-0.2, -0.15) is 0 Å².